The molecular formula is C48H45N3S. The van der Waals surface area contributed by atoms with Gasteiger partial charge in [0.05, 0.1) is 5.69 Å². The van der Waals surface area contributed by atoms with Crippen LogP contribution in [0.3, 0.4) is 0 Å². The molecule has 0 radical (unpaired) electrons. The van der Waals surface area contributed by atoms with E-state index in [0.29, 0.717) is 17.5 Å². The van der Waals surface area contributed by atoms with E-state index in [1.165, 1.54) is 23.5 Å². The molecule has 0 saturated heterocycles. The van der Waals surface area contributed by atoms with Gasteiger partial charge in [-0.3, -0.25) is 0 Å². The van der Waals surface area contributed by atoms with E-state index in [2.05, 4.69) is 33.6 Å². The summed E-state index contributed by atoms with van der Waals surface area (Å²) in [6.07, 6.45) is -37.0. The largest absolute Gasteiger partial charge is 0.135 e. The molecule has 2 aromatic heterocycles. The van der Waals surface area contributed by atoms with Crippen LogP contribution >= 0.6 is 11.3 Å². The van der Waals surface area contributed by atoms with Crippen LogP contribution in [0.15, 0.2) is 91.0 Å². The molecule has 3 aliphatic rings. The van der Waals surface area contributed by atoms with E-state index in [-0.39, 0.29) is 11.1 Å². The van der Waals surface area contributed by atoms with Crippen molar-refractivity contribution in [2.45, 2.75) is 95.8 Å². The van der Waals surface area contributed by atoms with Crippen molar-refractivity contribution in [3.8, 4) is 44.6 Å². The first-order valence-electron chi connectivity index (χ1n) is 27.2. The van der Waals surface area contributed by atoms with Crippen molar-refractivity contribution in [1.29, 1.82) is 0 Å². The second kappa shape index (κ2) is 13.1. The van der Waals surface area contributed by atoms with Gasteiger partial charge in [-0.05, 0) is 125 Å². The molecule has 0 N–H and O–H groups in total. The van der Waals surface area contributed by atoms with E-state index in [9.17, 15) is 11.0 Å². The normalized spacial score (nSPS) is 37.6. The summed E-state index contributed by atoms with van der Waals surface area (Å²) in [5, 5.41) is 13.6. The van der Waals surface area contributed by atoms with Gasteiger partial charge in [-0.1, -0.05) is 117 Å². The predicted octanol–water partition coefficient (Wildman–Crippen LogP) is 13.5. The lowest BCUT2D eigenvalue weighted by Gasteiger charge is -2.30. The van der Waals surface area contributed by atoms with Gasteiger partial charge in [0.25, 0.3) is 0 Å². The molecule has 2 saturated carbocycles. The van der Waals surface area contributed by atoms with E-state index >= 15 is 0 Å². The molecule has 0 aliphatic heterocycles. The molecule has 4 heteroatoms. The highest BCUT2D eigenvalue weighted by Gasteiger charge is 2.32. The van der Waals surface area contributed by atoms with Gasteiger partial charge in [-0.2, -0.15) is 0 Å². The van der Waals surface area contributed by atoms with Crippen molar-refractivity contribution in [3.63, 3.8) is 0 Å². The van der Waals surface area contributed by atoms with Gasteiger partial charge in [0.2, 0.25) is 0 Å². The number of aryl methyl sites for hydroxylation is 1. The van der Waals surface area contributed by atoms with Crippen LogP contribution in [-0.2, 0) is 6.42 Å². The van der Waals surface area contributed by atoms with Gasteiger partial charge in [0, 0.05) is 64.6 Å². The summed E-state index contributed by atoms with van der Waals surface area (Å²) in [5.41, 5.74) is 4.96. The smallest absolute Gasteiger partial charge is 0.101 e. The van der Waals surface area contributed by atoms with Crippen LogP contribution in [0, 0.1) is 13.8 Å². The molecule has 5 aromatic carbocycles. The van der Waals surface area contributed by atoms with Crippen molar-refractivity contribution < 1.29 is 27.4 Å². The molecule has 0 bridgehead atoms. The minimum absolute atomic E-state index is 0.106. The van der Waals surface area contributed by atoms with Crippen LogP contribution in [0.5, 0.6) is 0 Å². The summed E-state index contributed by atoms with van der Waals surface area (Å²) in [6.45, 7) is 4.01. The van der Waals surface area contributed by atoms with Gasteiger partial charge < -0.3 is 0 Å². The maximum atomic E-state index is 10.3. The average molecular weight is 716 g/mol. The summed E-state index contributed by atoms with van der Waals surface area (Å²) in [6, 6.07) is 28.1. The molecular weight excluding hydrogens is 651 g/mol. The topological polar surface area (TPSA) is 38.7 Å². The fraction of sp³-hybridized carbons (Fsp3) is 0.312. The Balaban J connectivity index is 1.39. The minimum Gasteiger partial charge on any atom is -0.135 e. The van der Waals surface area contributed by atoms with Crippen molar-refractivity contribution in [2.75, 3.05) is 0 Å². The van der Waals surface area contributed by atoms with E-state index in [1.54, 1.807) is 12.1 Å². The Morgan fingerprint density at radius 2 is 1.38 bits per heavy atom. The summed E-state index contributed by atoms with van der Waals surface area (Å²) in [7, 11) is 0. The zero-order valence-corrected chi connectivity index (χ0v) is 29.1. The molecule has 3 nitrogen and oxygen atoms in total. The highest BCUT2D eigenvalue weighted by atomic mass is 32.1. The molecule has 2 fully saturated rings. The summed E-state index contributed by atoms with van der Waals surface area (Å²) >= 11 is 1.49. The summed E-state index contributed by atoms with van der Waals surface area (Å²) < 4.78 is 184. The number of aromatic nitrogens is 3. The number of rotatable bonds is 5. The van der Waals surface area contributed by atoms with Crippen LogP contribution < -0.4 is 0 Å². The third-order valence-corrected chi connectivity index (χ3v) is 11.4. The van der Waals surface area contributed by atoms with Crippen LogP contribution in [0.1, 0.15) is 136 Å². The average Bonchev–Trinajstić information content (AvgIpc) is 3.90. The van der Waals surface area contributed by atoms with Crippen molar-refractivity contribution >= 4 is 31.5 Å². The van der Waals surface area contributed by atoms with Crippen LogP contribution in [0.2, 0.25) is 0 Å². The first-order chi connectivity index (χ1) is 33.2. The van der Waals surface area contributed by atoms with Crippen LogP contribution in [-0.4, -0.2) is 15.4 Å². The number of thiophene rings is 1. The molecule has 2 heterocycles. The maximum absolute atomic E-state index is 10.3. The van der Waals surface area contributed by atoms with E-state index < -0.39 is 92.5 Å². The zero-order valence-electron chi connectivity index (χ0n) is 48.3. The fourth-order valence-electron chi connectivity index (χ4n) is 7.87. The molecule has 0 amide bonds. The van der Waals surface area contributed by atoms with Gasteiger partial charge in [0.15, 0.2) is 0 Å². The molecule has 258 valence electrons. The first kappa shape index (κ1) is 17.4. The highest BCUT2D eigenvalue weighted by molar-refractivity contribution is 7.26. The Morgan fingerprint density at radius 1 is 0.654 bits per heavy atom. The molecule has 3 aliphatic carbocycles. The number of hydrogen-bond acceptors (Lipinski definition) is 4. The van der Waals surface area contributed by atoms with Crippen molar-refractivity contribution in [1.82, 2.24) is 15.4 Å². The van der Waals surface area contributed by atoms with Crippen molar-refractivity contribution in [2.24, 2.45) is 0 Å². The Labute approximate surface area is 339 Å². The third-order valence-electron chi connectivity index (χ3n) is 10.3. The lowest BCUT2D eigenvalue weighted by Crippen LogP contribution is -2.17. The minimum atomic E-state index is -4.07. The monoisotopic (exact) mass is 715 g/mol. The van der Waals surface area contributed by atoms with Crippen molar-refractivity contribution in [3.05, 3.63) is 125 Å². The molecule has 4 unspecified atom stereocenters. The Bertz CT molecular complexity index is 3440. The SMILES string of the molecule is [2H]C1C([2H])([2H])C([2H])([2H])C([2H])([2H])C([2H])([2H])C1([2H])c1nnnc(-c2ccccc2-c2c(-c3c(C)c(C)cc4c3Cc3ccccc3-4)ccc3sc4ccccc4c23)c1C1([2H])C([2H])C([2H])([2H])C([2H])([2H])C([2H])([2H])C1([2H])[2H]. The number of hydrogen-bond donors (Lipinski definition) is 0. The zero-order chi connectivity index (χ0) is 52.7. The Morgan fingerprint density at radius 3 is 2.25 bits per heavy atom. The molecule has 52 heavy (non-hydrogen) atoms. The van der Waals surface area contributed by atoms with E-state index in [1.807, 2.05) is 62.4 Å². The number of fused-ring (bicyclic) bond motifs is 6. The Kier molecular flexibility index (Phi) is 4.38. The second-order valence-electron chi connectivity index (χ2n) is 13.1. The standard InChI is InChI=1S/C48H45N3S/c1-29-27-39-34-20-10-9-19-33(34)28-40(39)43(30(29)2)38-25-26-42-46(37-23-13-14-24-41(37)52-42)45(38)35-21-11-12-22-36(35)48-44(31-15-5-3-6-16-31)47(49-51-50-48)32-17-7-4-8-18-32/h9-14,19-27,31-32H,3-8,15-18,28H2,1-2H3/i3D2,4D2,5D2,6D2,7D2,8D2,15D,16D2,17D,18D2,31D,32D. The second-order valence-corrected chi connectivity index (χ2v) is 14.2. The van der Waals surface area contributed by atoms with Gasteiger partial charge in [0.1, 0.15) is 5.69 Å². The maximum Gasteiger partial charge on any atom is 0.101 e. The van der Waals surface area contributed by atoms with E-state index in [0.717, 1.165) is 59.1 Å². The van der Waals surface area contributed by atoms with E-state index in [4.69, 9.17) is 16.4 Å². The fourth-order valence-corrected chi connectivity index (χ4v) is 8.99. The highest BCUT2D eigenvalue weighted by Crippen LogP contribution is 2.52. The lowest BCUT2D eigenvalue weighted by molar-refractivity contribution is 0.408. The van der Waals surface area contributed by atoms with Gasteiger partial charge in [-0.15, -0.1) is 21.5 Å². The molecule has 7 aromatic rings. The number of benzene rings is 5. The third kappa shape index (κ3) is 5.16. The van der Waals surface area contributed by atoms with Crippen LogP contribution in [0.4, 0.5) is 0 Å². The molecule has 0 spiro atoms. The Hall–Kier alpha value is -4.67. The summed E-state index contributed by atoms with van der Waals surface area (Å²) in [4.78, 5) is 0. The predicted molar refractivity (Wildman–Crippen MR) is 218 cm³/mol. The van der Waals surface area contributed by atoms with Crippen LogP contribution in [0.25, 0.3) is 64.8 Å². The lowest BCUT2D eigenvalue weighted by atomic mass is 9.76. The quantitative estimate of drug-likeness (QED) is 0.178. The first-order valence-corrected chi connectivity index (χ1v) is 17.9. The number of nitrogens with zero attached hydrogens (tertiary/aromatic N) is 3. The van der Waals surface area contributed by atoms with Gasteiger partial charge >= 0.3 is 0 Å². The summed E-state index contributed by atoms with van der Waals surface area (Å²) in [5.74, 6) is -7.75. The van der Waals surface area contributed by atoms with Gasteiger partial charge in [-0.25, -0.2) is 0 Å². The molecule has 10 rings (SSSR count). The molecule has 4 atom stereocenters.